The highest BCUT2D eigenvalue weighted by atomic mass is 16.2. The van der Waals surface area contributed by atoms with Gasteiger partial charge in [0.2, 0.25) is 5.56 Å². The topological polar surface area (TPSA) is 65.2 Å². The molecule has 90 valence electrons. The summed E-state index contributed by atoms with van der Waals surface area (Å²) in [7, 11) is 0. The molecule has 17 heavy (non-hydrogen) atoms. The first-order valence-electron chi connectivity index (χ1n) is 5.93. The number of aromatic nitrogens is 1. The predicted molar refractivity (Wildman–Crippen MR) is 62.9 cm³/mol. The third-order valence-electron chi connectivity index (χ3n) is 3.64. The summed E-state index contributed by atoms with van der Waals surface area (Å²) < 4.78 is 0. The van der Waals surface area contributed by atoms with Crippen molar-refractivity contribution in [3.8, 4) is 0 Å². The van der Waals surface area contributed by atoms with Gasteiger partial charge < -0.3 is 15.2 Å². The van der Waals surface area contributed by atoms with Gasteiger partial charge in [-0.15, -0.1) is 0 Å². The molecule has 1 saturated carbocycles. The van der Waals surface area contributed by atoms with Crippen molar-refractivity contribution in [2.45, 2.75) is 18.4 Å². The molecule has 1 amide bonds. The molecule has 1 aliphatic heterocycles. The van der Waals surface area contributed by atoms with E-state index in [4.69, 9.17) is 0 Å². The number of pyridine rings is 1. The van der Waals surface area contributed by atoms with Crippen LogP contribution in [-0.4, -0.2) is 41.0 Å². The van der Waals surface area contributed by atoms with Crippen molar-refractivity contribution >= 4 is 5.91 Å². The van der Waals surface area contributed by atoms with Crippen LogP contribution in [0.1, 0.15) is 23.2 Å². The third kappa shape index (κ3) is 1.76. The van der Waals surface area contributed by atoms with Gasteiger partial charge in [0.05, 0.1) is 11.1 Å². The number of H-pyrrole nitrogens is 1. The van der Waals surface area contributed by atoms with Gasteiger partial charge >= 0.3 is 0 Å². The molecule has 2 N–H and O–H groups in total. The number of carbonyl (C=O) groups is 1. The number of nitrogens with one attached hydrogen (secondary N) is 2. The van der Waals surface area contributed by atoms with Crippen LogP contribution in [0, 0.1) is 0 Å². The highest BCUT2D eigenvalue weighted by molar-refractivity contribution is 5.94. The van der Waals surface area contributed by atoms with Gasteiger partial charge in [0.25, 0.3) is 5.91 Å². The van der Waals surface area contributed by atoms with E-state index in [1.807, 2.05) is 4.90 Å². The molecular formula is C12H15N3O2. The number of carbonyl (C=O) groups excluding carboxylic acids is 1. The zero-order chi connectivity index (χ0) is 11.9. The highest BCUT2D eigenvalue weighted by Crippen LogP contribution is 2.42. The van der Waals surface area contributed by atoms with Gasteiger partial charge in [-0.2, -0.15) is 0 Å². The molecule has 1 aromatic heterocycles. The second kappa shape index (κ2) is 3.70. The number of piperazine rings is 1. The first-order chi connectivity index (χ1) is 8.21. The standard InChI is InChI=1S/C12H15N3O2/c16-10-2-1-9(7-14-10)11(17)15-6-5-13-8-12(15)3-4-12/h1-2,7,13H,3-6,8H2,(H,14,16). The number of aromatic amines is 1. The van der Waals surface area contributed by atoms with Gasteiger partial charge in [-0.25, -0.2) is 0 Å². The Morgan fingerprint density at radius 3 is 2.82 bits per heavy atom. The van der Waals surface area contributed by atoms with E-state index in [0.717, 1.165) is 32.5 Å². The van der Waals surface area contributed by atoms with E-state index < -0.39 is 0 Å². The highest BCUT2D eigenvalue weighted by Gasteiger charge is 2.51. The summed E-state index contributed by atoms with van der Waals surface area (Å²) in [5, 5.41) is 3.33. The van der Waals surface area contributed by atoms with Gasteiger partial charge in [-0.3, -0.25) is 9.59 Å². The Hall–Kier alpha value is -1.62. The maximum atomic E-state index is 12.3. The van der Waals surface area contributed by atoms with Gasteiger partial charge in [-0.05, 0) is 18.9 Å². The fraction of sp³-hybridized carbons (Fsp3) is 0.500. The average Bonchev–Trinajstić information content (AvgIpc) is 3.10. The Kier molecular flexibility index (Phi) is 2.29. The molecule has 1 aliphatic carbocycles. The number of hydrogen-bond acceptors (Lipinski definition) is 3. The summed E-state index contributed by atoms with van der Waals surface area (Å²) in [5.41, 5.74) is 0.437. The molecule has 5 heteroatoms. The van der Waals surface area contributed by atoms with Gasteiger partial charge in [0, 0.05) is 31.9 Å². The minimum atomic E-state index is -0.178. The smallest absolute Gasteiger partial charge is 0.255 e. The normalized spacial score (nSPS) is 21.5. The Bertz CT molecular complexity index is 484. The van der Waals surface area contributed by atoms with Gasteiger partial charge in [0.15, 0.2) is 0 Å². The molecule has 0 unspecified atom stereocenters. The quantitative estimate of drug-likeness (QED) is 0.715. The largest absolute Gasteiger partial charge is 0.330 e. The first kappa shape index (κ1) is 10.5. The van der Waals surface area contributed by atoms with Crippen LogP contribution in [0.3, 0.4) is 0 Å². The van der Waals surface area contributed by atoms with Gasteiger partial charge in [0.1, 0.15) is 0 Å². The maximum absolute atomic E-state index is 12.3. The van der Waals surface area contributed by atoms with Crippen molar-refractivity contribution in [1.29, 1.82) is 0 Å². The van der Waals surface area contributed by atoms with Crippen molar-refractivity contribution in [1.82, 2.24) is 15.2 Å². The lowest BCUT2D eigenvalue weighted by Gasteiger charge is -2.36. The number of hydrogen-bond donors (Lipinski definition) is 2. The monoisotopic (exact) mass is 233 g/mol. The van der Waals surface area contributed by atoms with E-state index in [1.165, 1.54) is 12.3 Å². The average molecular weight is 233 g/mol. The molecule has 5 nitrogen and oxygen atoms in total. The van der Waals surface area contributed by atoms with Crippen LogP contribution in [0.25, 0.3) is 0 Å². The van der Waals surface area contributed by atoms with Crippen molar-refractivity contribution < 1.29 is 4.79 Å². The molecule has 0 radical (unpaired) electrons. The number of nitrogens with zero attached hydrogens (tertiary/aromatic N) is 1. The van der Waals surface area contributed by atoms with Crippen molar-refractivity contribution in [3.05, 3.63) is 34.2 Å². The Morgan fingerprint density at radius 1 is 1.35 bits per heavy atom. The Morgan fingerprint density at radius 2 is 2.18 bits per heavy atom. The second-order valence-electron chi connectivity index (χ2n) is 4.80. The number of rotatable bonds is 1. The van der Waals surface area contributed by atoms with E-state index in [0.29, 0.717) is 5.56 Å². The summed E-state index contributed by atoms with van der Waals surface area (Å²) in [6.07, 6.45) is 3.66. The van der Waals surface area contributed by atoms with Crippen molar-refractivity contribution in [2.75, 3.05) is 19.6 Å². The van der Waals surface area contributed by atoms with Crippen molar-refractivity contribution in [2.24, 2.45) is 0 Å². The fourth-order valence-corrected chi connectivity index (χ4v) is 2.45. The summed E-state index contributed by atoms with van der Waals surface area (Å²) in [4.78, 5) is 27.8. The van der Waals surface area contributed by atoms with Crippen LogP contribution in [0.15, 0.2) is 23.1 Å². The second-order valence-corrected chi connectivity index (χ2v) is 4.80. The number of amides is 1. The van der Waals surface area contributed by atoms with E-state index in [9.17, 15) is 9.59 Å². The van der Waals surface area contributed by atoms with Crippen LogP contribution in [0.2, 0.25) is 0 Å². The van der Waals surface area contributed by atoms with Crippen molar-refractivity contribution in [3.63, 3.8) is 0 Å². The van der Waals surface area contributed by atoms with E-state index in [1.54, 1.807) is 6.07 Å². The van der Waals surface area contributed by atoms with E-state index in [2.05, 4.69) is 10.3 Å². The van der Waals surface area contributed by atoms with Crippen LogP contribution in [0.4, 0.5) is 0 Å². The lowest BCUT2D eigenvalue weighted by Crippen LogP contribution is -2.55. The van der Waals surface area contributed by atoms with E-state index in [-0.39, 0.29) is 17.0 Å². The molecule has 0 bridgehead atoms. The minimum absolute atomic E-state index is 0.0280. The SMILES string of the molecule is O=C(c1ccc(=O)[nH]c1)N1CCNCC12CC2. The molecule has 1 saturated heterocycles. The summed E-state index contributed by atoms with van der Waals surface area (Å²) in [5.74, 6) is 0.0280. The third-order valence-corrected chi connectivity index (χ3v) is 3.64. The molecule has 0 aromatic carbocycles. The summed E-state index contributed by atoms with van der Waals surface area (Å²) in [6, 6.07) is 2.99. The molecule has 2 heterocycles. The molecule has 2 fully saturated rings. The molecule has 0 atom stereocenters. The zero-order valence-electron chi connectivity index (χ0n) is 9.53. The predicted octanol–water partition coefficient (Wildman–Crippen LogP) is -0.0471. The van der Waals surface area contributed by atoms with Crippen LogP contribution >= 0.6 is 0 Å². The Labute approximate surface area is 98.8 Å². The first-order valence-corrected chi connectivity index (χ1v) is 5.93. The lowest BCUT2D eigenvalue weighted by atomic mass is 10.1. The molecular weight excluding hydrogens is 218 g/mol. The fourth-order valence-electron chi connectivity index (χ4n) is 2.45. The van der Waals surface area contributed by atoms with Gasteiger partial charge in [-0.1, -0.05) is 0 Å². The maximum Gasteiger partial charge on any atom is 0.255 e. The molecule has 1 aromatic rings. The Balaban J connectivity index is 1.86. The van der Waals surface area contributed by atoms with Crippen LogP contribution < -0.4 is 10.9 Å². The summed E-state index contributed by atoms with van der Waals surface area (Å²) >= 11 is 0. The van der Waals surface area contributed by atoms with Crippen LogP contribution in [-0.2, 0) is 0 Å². The zero-order valence-corrected chi connectivity index (χ0v) is 9.53. The van der Waals surface area contributed by atoms with E-state index >= 15 is 0 Å². The molecule has 3 rings (SSSR count). The lowest BCUT2D eigenvalue weighted by molar-refractivity contribution is 0.0600. The minimum Gasteiger partial charge on any atom is -0.330 e. The van der Waals surface area contributed by atoms with Crippen LogP contribution in [0.5, 0.6) is 0 Å². The summed E-state index contributed by atoms with van der Waals surface area (Å²) in [6.45, 7) is 2.48. The molecule has 2 aliphatic rings. The molecule has 1 spiro atoms.